The van der Waals surface area contributed by atoms with Gasteiger partial charge in [0, 0.05) is 57.8 Å². The van der Waals surface area contributed by atoms with Gasteiger partial charge in [-0.05, 0) is 25.3 Å². The molecule has 2 amide bonds. The fourth-order valence-electron chi connectivity index (χ4n) is 4.24. The molecular weight excluding hydrogens is 488 g/mol. The predicted octanol–water partition coefficient (Wildman–Crippen LogP) is 2.53. The van der Waals surface area contributed by atoms with Gasteiger partial charge in [-0.3, -0.25) is 14.5 Å². The maximum atomic E-state index is 12.7. The first-order chi connectivity index (χ1) is 16.6. The van der Waals surface area contributed by atoms with Crippen molar-refractivity contribution in [2.24, 2.45) is 5.41 Å². The van der Waals surface area contributed by atoms with Gasteiger partial charge >= 0.3 is 0 Å². The fourth-order valence-corrected chi connectivity index (χ4v) is 5.15. The van der Waals surface area contributed by atoms with Crippen LogP contribution in [0.5, 0.6) is 0 Å². The lowest BCUT2D eigenvalue weighted by Gasteiger charge is -2.41. The van der Waals surface area contributed by atoms with Crippen LogP contribution in [0.3, 0.4) is 0 Å². The first-order valence-corrected chi connectivity index (χ1v) is 13.8. The number of rotatable bonds is 9. The highest BCUT2D eigenvalue weighted by molar-refractivity contribution is 7.99. The number of amides is 2. The summed E-state index contributed by atoms with van der Waals surface area (Å²) in [6.45, 7) is 15.4. The molecule has 0 bridgehead atoms. The molecule has 0 radical (unpaired) electrons. The standard InChI is InChI=1S/C24H39ClN6O3S/c1-18-16-30(8-9-31(18)22(33)15-24(2,3)4)20-14-19(25)27-23(28-20)35-17-21(32)26-6-5-7-29-10-12-34-13-11-29/h14,18H,5-13,15-17H2,1-4H3,(H,26,32). The molecular formula is C24H39ClN6O3S. The Hall–Kier alpha value is -1.62. The lowest BCUT2D eigenvalue weighted by atomic mass is 9.91. The monoisotopic (exact) mass is 526 g/mol. The first kappa shape index (κ1) is 28.0. The number of nitrogens with zero attached hydrogens (tertiary/aromatic N) is 5. The number of carbonyl (C=O) groups is 2. The maximum absolute atomic E-state index is 12.7. The van der Waals surface area contributed by atoms with Crippen molar-refractivity contribution in [2.45, 2.75) is 51.7 Å². The van der Waals surface area contributed by atoms with Crippen LogP contribution in [0, 0.1) is 5.41 Å². The Bertz CT molecular complexity index is 862. The topological polar surface area (TPSA) is 90.9 Å². The smallest absolute Gasteiger partial charge is 0.230 e. The summed E-state index contributed by atoms with van der Waals surface area (Å²) in [7, 11) is 0. The van der Waals surface area contributed by atoms with Gasteiger partial charge in [-0.15, -0.1) is 0 Å². The molecule has 11 heteroatoms. The van der Waals surface area contributed by atoms with Gasteiger partial charge in [-0.25, -0.2) is 9.97 Å². The molecule has 2 aliphatic heterocycles. The van der Waals surface area contributed by atoms with E-state index in [2.05, 4.69) is 52.8 Å². The van der Waals surface area contributed by atoms with Crippen LogP contribution in [0.1, 0.15) is 40.5 Å². The summed E-state index contributed by atoms with van der Waals surface area (Å²) in [5.74, 6) is 1.12. The quantitative estimate of drug-likeness (QED) is 0.227. The molecule has 0 aromatic carbocycles. The predicted molar refractivity (Wildman–Crippen MR) is 140 cm³/mol. The van der Waals surface area contributed by atoms with Crippen molar-refractivity contribution in [2.75, 3.05) is 69.7 Å². The molecule has 0 saturated carbocycles. The molecule has 35 heavy (non-hydrogen) atoms. The summed E-state index contributed by atoms with van der Waals surface area (Å²) in [4.78, 5) is 40.4. The van der Waals surface area contributed by atoms with Crippen LogP contribution in [-0.4, -0.2) is 102 Å². The number of hydrogen-bond acceptors (Lipinski definition) is 8. The second kappa shape index (κ2) is 13.1. The molecule has 2 fully saturated rings. The molecule has 3 rings (SSSR count). The summed E-state index contributed by atoms with van der Waals surface area (Å²) >= 11 is 7.56. The maximum Gasteiger partial charge on any atom is 0.230 e. The van der Waals surface area contributed by atoms with Gasteiger partial charge < -0.3 is 19.9 Å². The Morgan fingerprint density at radius 1 is 1.20 bits per heavy atom. The van der Waals surface area contributed by atoms with Crippen LogP contribution in [0.4, 0.5) is 5.82 Å². The van der Waals surface area contributed by atoms with E-state index in [4.69, 9.17) is 16.3 Å². The SMILES string of the molecule is CC1CN(c2cc(Cl)nc(SCC(=O)NCCCN3CCOCC3)n2)CCN1C(=O)CC(C)(C)C. The zero-order valence-electron chi connectivity index (χ0n) is 21.4. The van der Waals surface area contributed by atoms with Crippen LogP contribution in [-0.2, 0) is 14.3 Å². The number of aromatic nitrogens is 2. The van der Waals surface area contributed by atoms with Crippen molar-refractivity contribution in [1.82, 2.24) is 25.1 Å². The number of carbonyl (C=O) groups excluding carboxylic acids is 2. The van der Waals surface area contributed by atoms with Crippen LogP contribution in [0.15, 0.2) is 11.2 Å². The molecule has 0 spiro atoms. The van der Waals surface area contributed by atoms with Gasteiger partial charge in [0.25, 0.3) is 0 Å². The summed E-state index contributed by atoms with van der Waals surface area (Å²) in [5.41, 5.74) is -0.0325. The van der Waals surface area contributed by atoms with Crippen LogP contribution in [0.2, 0.25) is 5.15 Å². The van der Waals surface area contributed by atoms with E-state index >= 15 is 0 Å². The van der Waals surface area contributed by atoms with E-state index in [0.29, 0.717) is 42.9 Å². The van der Waals surface area contributed by atoms with Crippen LogP contribution in [0.25, 0.3) is 0 Å². The van der Waals surface area contributed by atoms with E-state index in [1.165, 1.54) is 11.8 Å². The third kappa shape index (κ3) is 9.40. The van der Waals surface area contributed by atoms with Gasteiger partial charge in [-0.2, -0.15) is 0 Å². The molecule has 2 saturated heterocycles. The summed E-state index contributed by atoms with van der Waals surface area (Å²) in [6, 6.07) is 1.82. The van der Waals surface area contributed by atoms with Crippen molar-refractivity contribution < 1.29 is 14.3 Å². The Morgan fingerprint density at radius 3 is 2.63 bits per heavy atom. The number of thioether (sulfide) groups is 1. The number of nitrogens with one attached hydrogen (secondary N) is 1. The fraction of sp³-hybridized carbons (Fsp3) is 0.750. The number of hydrogen-bond donors (Lipinski definition) is 1. The van der Waals surface area contributed by atoms with Crippen LogP contribution < -0.4 is 10.2 Å². The Kier molecular flexibility index (Phi) is 10.4. The number of ether oxygens (including phenoxy) is 1. The normalized spacial score (nSPS) is 19.6. The third-order valence-corrected chi connectivity index (χ3v) is 7.06. The average molecular weight is 527 g/mol. The number of morpholine rings is 1. The zero-order valence-corrected chi connectivity index (χ0v) is 23.0. The Labute approximate surface area is 218 Å². The molecule has 1 unspecified atom stereocenters. The molecule has 1 N–H and O–H groups in total. The van der Waals surface area contributed by atoms with E-state index in [1.54, 1.807) is 6.07 Å². The summed E-state index contributed by atoms with van der Waals surface area (Å²) in [5, 5.41) is 3.80. The number of piperazine rings is 1. The first-order valence-electron chi connectivity index (χ1n) is 12.4. The van der Waals surface area contributed by atoms with Crippen LogP contribution >= 0.6 is 23.4 Å². The van der Waals surface area contributed by atoms with Gasteiger partial charge in [-0.1, -0.05) is 44.1 Å². The summed E-state index contributed by atoms with van der Waals surface area (Å²) in [6.07, 6.45) is 1.45. The second-order valence-corrected chi connectivity index (χ2v) is 11.7. The Balaban J connectivity index is 1.45. The van der Waals surface area contributed by atoms with E-state index in [-0.39, 0.29) is 29.0 Å². The minimum atomic E-state index is -0.0401. The molecule has 1 aromatic heterocycles. The third-order valence-electron chi connectivity index (χ3n) is 6.02. The van der Waals surface area contributed by atoms with Crippen molar-refractivity contribution in [1.29, 1.82) is 0 Å². The molecule has 196 valence electrons. The second-order valence-electron chi connectivity index (χ2n) is 10.4. The molecule has 2 aliphatic rings. The van der Waals surface area contributed by atoms with Crippen molar-refractivity contribution in [3.8, 4) is 0 Å². The van der Waals surface area contributed by atoms with Gasteiger partial charge in [0.1, 0.15) is 11.0 Å². The minimum Gasteiger partial charge on any atom is -0.379 e. The van der Waals surface area contributed by atoms with Crippen molar-refractivity contribution in [3.05, 3.63) is 11.2 Å². The molecule has 1 atom stereocenters. The van der Waals surface area contributed by atoms with E-state index in [1.807, 2.05) is 4.90 Å². The molecule has 0 aliphatic carbocycles. The lowest BCUT2D eigenvalue weighted by Crippen LogP contribution is -2.54. The minimum absolute atomic E-state index is 0.0325. The average Bonchev–Trinajstić information content (AvgIpc) is 2.79. The summed E-state index contributed by atoms with van der Waals surface area (Å²) < 4.78 is 5.35. The van der Waals surface area contributed by atoms with Gasteiger partial charge in [0.2, 0.25) is 11.8 Å². The molecule has 1 aromatic rings. The lowest BCUT2D eigenvalue weighted by molar-refractivity contribution is -0.135. The van der Waals surface area contributed by atoms with E-state index < -0.39 is 0 Å². The molecule has 9 nitrogen and oxygen atoms in total. The highest BCUT2D eigenvalue weighted by Crippen LogP contribution is 2.26. The Morgan fingerprint density at radius 2 is 1.94 bits per heavy atom. The highest BCUT2D eigenvalue weighted by atomic mass is 35.5. The molecule has 3 heterocycles. The van der Waals surface area contributed by atoms with Gasteiger partial charge in [0.15, 0.2) is 5.16 Å². The van der Waals surface area contributed by atoms with E-state index in [9.17, 15) is 9.59 Å². The highest BCUT2D eigenvalue weighted by Gasteiger charge is 2.30. The largest absolute Gasteiger partial charge is 0.379 e. The number of anilines is 1. The van der Waals surface area contributed by atoms with Crippen molar-refractivity contribution in [3.63, 3.8) is 0 Å². The number of halogens is 1. The van der Waals surface area contributed by atoms with E-state index in [0.717, 1.165) is 45.1 Å². The van der Waals surface area contributed by atoms with Crippen molar-refractivity contribution >= 4 is 41.0 Å². The van der Waals surface area contributed by atoms with Gasteiger partial charge in [0.05, 0.1) is 19.0 Å². The zero-order chi connectivity index (χ0) is 25.4.